The molecule has 8 rings (SSSR count). The molecule has 4 aromatic heterocycles. The molecule has 4 nitrogen and oxygen atoms in total. The Morgan fingerprint density at radius 1 is 0.804 bits per heavy atom. The van der Waals surface area contributed by atoms with Crippen molar-refractivity contribution in [3.05, 3.63) is 137 Å². The first-order valence-corrected chi connectivity index (χ1v) is 17.7. The molecule has 0 aliphatic carbocycles. The van der Waals surface area contributed by atoms with E-state index in [0.717, 1.165) is 76.4 Å². The van der Waals surface area contributed by atoms with Crippen LogP contribution in [0.15, 0.2) is 102 Å². The van der Waals surface area contributed by atoms with Crippen molar-refractivity contribution in [1.29, 1.82) is 0 Å². The Hall–Kier alpha value is -4.48. The first kappa shape index (κ1) is 34.9. The van der Waals surface area contributed by atoms with E-state index >= 15 is 0 Å². The van der Waals surface area contributed by atoms with Crippen LogP contribution in [0, 0.1) is 32.9 Å². The first-order valence-electron chi connectivity index (χ1n) is 17.4. The van der Waals surface area contributed by atoms with Crippen LogP contribution in [0.3, 0.4) is 0 Å². The predicted octanol–water partition coefficient (Wildman–Crippen LogP) is 12.6. The third-order valence-electron chi connectivity index (χ3n) is 8.93. The van der Waals surface area contributed by atoms with Crippen molar-refractivity contribution < 1.29 is 25.9 Å². The van der Waals surface area contributed by atoms with E-state index in [9.17, 15) is 0 Å². The normalized spacial score (nSPS) is 12.0. The van der Waals surface area contributed by atoms with Crippen LogP contribution in [-0.2, 0) is 25.5 Å². The van der Waals surface area contributed by atoms with Crippen molar-refractivity contribution in [1.82, 2.24) is 15.0 Å². The Kier molecular flexibility index (Phi) is 10.0. The molecule has 0 atom stereocenters. The van der Waals surface area contributed by atoms with E-state index in [1.165, 1.54) is 16.7 Å². The third kappa shape index (κ3) is 7.32. The monoisotopic (exact) mass is 865 g/mol. The second-order valence-electron chi connectivity index (χ2n) is 14.2. The number of fused-ring (bicyclic) bond motifs is 4. The topological polar surface area (TPSA) is 51.8 Å². The van der Waals surface area contributed by atoms with Crippen LogP contribution in [-0.4, -0.2) is 15.0 Å². The maximum absolute atomic E-state index is 8.97. The molecule has 1 radical (unpaired) electrons. The quantitative estimate of drug-likeness (QED) is 0.165. The molecule has 0 amide bonds. The van der Waals surface area contributed by atoms with Crippen LogP contribution in [0.4, 0.5) is 0 Å². The Morgan fingerprint density at radius 2 is 1.57 bits per heavy atom. The van der Waals surface area contributed by atoms with Crippen LogP contribution in [0.1, 0.15) is 69.1 Å². The van der Waals surface area contributed by atoms with Gasteiger partial charge in [0.25, 0.3) is 0 Å². The molecule has 0 aliphatic rings. The Labute approximate surface area is 319 Å². The van der Waals surface area contributed by atoms with Gasteiger partial charge in [-0.05, 0) is 71.9 Å². The third-order valence-corrected chi connectivity index (χ3v) is 10.4. The Bertz CT molecular complexity index is 2500. The van der Waals surface area contributed by atoms with Crippen molar-refractivity contribution in [3.8, 4) is 33.6 Å². The van der Waals surface area contributed by atoms with E-state index in [0.29, 0.717) is 0 Å². The van der Waals surface area contributed by atoms with Crippen molar-refractivity contribution in [2.45, 2.75) is 66.7 Å². The van der Waals surface area contributed by atoms with Gasteiger partial charge in [-0.3, -0.25) is 0 Å². The van der Waals surface area contributed by atoms with Crippen LogP contribution in [0.5, 0.6) is 0 Å². The molecular formula is C45H41IrN3OS-2. The summed E-state index contributed by atoms with van der Waals surface area (Å²) in [5.41, 5.74) is 12.8. The molecule has 4 aromatic carbocycles. The number of thiazole rings is 1. The number of hydrogen-bond donors (Lipinski definition) is 0. The van der Waals surface area contributed by atoms with Gasteiger partial charge in [-0.2, -0.15) is 0 Å². The minimum atomic E-state index is -0.815. The molecule has 0 saturated heterocycles. The number of rotatable bonds is 4. The van der Waals surface area contributed by atoms with E-state index in [2.05, 4.69) is 94.2 Å². The number of furan rings is 1. The molecule has 0 unspecified atom stereocenters. The van der Waals surface area contributed by atoms with Gasteiger partial charge in [-0.15, -0.1) is 65.4 Å². The summed E-state index contributed by atoms with van der Waals surface area (Å²) < 4.78 is 16.6. The zero-order valence-corrected chi connectivity index (χ0v) is 33.4. The second-order valence-corrected chi connectivity index (χ2v) is 15.2. The Morgan fingerprint density at radius 3 is 2.24 bits per heavy atom. The van der Waals surface area contributed by atoms with Crippen molar-refractivity contribution in [2.75, 3.05) is 0 Å². The van der Waals surface area contributed by atoms with Gasteiger partial charge < -0.3 is 14.4 Å². The largest absolute Gasteiger partial charge is 0.501 e. The van der Waals surface area contributed by atoms with E-state index in [-0.39, 0.29) is 25.5 Å². The summed E-state index contributed by atoms with van der Waals surface area (Å²) in [6.45, 7) is 16.7. The maximum atomic E-state index is 8.97. The van der Waals surface area contributed by atoms with Crippen LogP contribution in [0.2, 0.25) is 0 Å². The fourth-order valence-corrected chi connectivity index (χ4v) is 7.34. The summed E-state index contributed by atoms with van der Waals surface area (Å²) in [7, 11) is 0. The van der Waals surface area contributed by atoms with Gasteiger partial charge in [0.15, 0.2) is 0 Å². The van der Waals surface area contributed by atoms with Crippen molar-refractivity contribution >= 4 is 43.5 Å². The van der Waals surface area contributed by atoms with Crippen molar-refractivity contribution in [2.24, 2.45) is 0 Å². The molecule has 51 heavy (non-hydrogen) atoms. The fourth-order valence-electron chi connectivity index (χ4n) is 6.30. The molecule has 6 heteroatoms. The van der Waals surface area contributed by atoms with Gasteiger partial charge in [0.2, 0.25) is 0 Å². The molecule has 0 saturated carbocycles. The number of aryl methyl sites for hydroxylation is 3. The molecule has 0 bridgehead atoms. The molecule has 4 heterocycles. The average Bonchev–Trinajstić information content (AvgIpc) is 3.69. The standard InChI is InChI=1S/C33H31N2OS.C12H10N.Ir/c1-18(2)23-14-26(34-17-25(23)30-19(3)10-8-11-20(30)4)22-13-9-12-21-24-15-29-27(16-28(24)36-31(21)22)35-32(37-29)33(5,6)7;1-10-7-8-12(13-9-10)11-5-3-2-4-6-11;/h8-12,14-18H,1-7H3;2-5,7-9H,1H3;/q2*-1;/i18D;;. The summed E-state index contributed by atoms with van der Waals surface area (Å²) in [4.78, 5) is 14.1. The van der Waals surface area contributed by atoms with Gasteiger partial charge in [-0.1, -0.05) is 82.0 Å². The summed E-state index contributed by atoms with van der Waals surface area (Å²) in [5.74, 6) is -0.815. The zero-order chi connectivity index (χ0) is 36.1. The van der Waals surface area contributed by atoms with Gasteiger partial charge in [0.05, 0.1) is 20.8 Å². The predicted molar refractivity (Wildman–Crippen MR) is 210 cm³/mol. The van der Waals surface area contributed by atoms with Gasteiger partial charge in [0.1, 0.15) is 5.58 Å². The number of hydrogen-bond acceptors (Lipinski definition) is 5. The second kappa shape index (κ2) is 14.6. The number of nitrogens with zero attached hydrogens (tertiary/aromatic N) is 3. The van der Waals surface area contributed by atoms with E-state index in [1.807, 2.05) is 75.6 Å². The number of benzene rings is 4. The zero-order valence-electron chi connectivity index (χ0n) is 31.2. The molecule has 8 aromatic rings. The minimum absolute atomic E-state index is 0. The minimum Gasteiger partial charge on any atom is -0.501 e. The average molecular weight is 865 g/mol. The first-order chi connectivity index (χ1) is 24.3. The van der Waals surface area contributed by atoms with Crippen molar-refractivity contribution in [3.63, 3.8) is 0 Å². The van der Waals surface area contributed by atoms with E-state index in [4.69, 9.17) is 15.8 Å². The van der Waals surface area contributed by atoms with Crippen LogP contribution < -0.4 is 0 Å². The SMILES string of the molecule is Cc1ccc(-c2[c-]cccc2)nc1.[2H]C(C)(C)c1cc(-c2[c-]ccc3c2oc2cc4nc(C(C)(C)C)sc4cc23)ncc1-c1c(C)cccc1C.[Ir]. The fraction of sp³-hybridized carbons (Fsp3) is 0.222. The molecule has 0 aliphatic heterocycles. The molecule has 0 fully saturated rings. The number of pyridine rings is 2. The number of aromatic nitrogens is 3. The maximum Gasteiger partial charge on any atom is 0.123 e. The van der Waals surface area contributed by atoms with Gasteiger partial charge >= 0.3 is 0 Å². The summed E-state index contributed by atoms with van der Waals surface area (Å²) in [6, 6.07) is 35.1. The molecule has 0 spiro atoms. The van der Waals surface area contributed by atoms with Crippen LogP contribution >= 0.6 is 11.3 Å². The molecule has 0 N–H and O–H groups in total. The van der Waals surface area contributed by atoms with E-state index in [1.54, 1.807) is 11.3 Å². The van der Waals surface area contributed by atoms with Gasteiger partial charge in [0, 0.05) is 56.3 Å². The van der Waals surface area contributed by atoms with Gasteiger partial charge in [-0.25, -0.2) is 4.98 Å². The molecule has 259 valence electrons. The Balaban J connectivity index is 0.000000279. The van der Waals surface area contributed by atoms with Crippen LogP contribution in [0.25, 0.3) is 65.8 Å². The summed E-state index contributed by atoms with van der Waals surface area (Å²) >= 11 is 1.74. The molecular weight excluding hydrogens is 823 g/mol. The summed E-state index contributed by atoms with van der Waals surface area (Å²) in [6.07, 6.45) is 3.79. The van der Waals surface area contributed by atoms with E-state index < -0.39 is 5.89 Å². The summed E-state index contributed by atoms with van der Waals surface area (Å²) in [5, 5.41) is 3.23. The smallest absolute Gasteiger partial charge is 0.123 e.